The average Bonchev–Trinajstić information content (AvgIpc) is 2.57. The van der Waals surface area contributed by atoms with Gasteiger partial charge < -0.3 is 10.2 Å². The number of carbonyl (C=O) groups is 2. The molecule has 0 spiro atoms. The van der Waals surface area contributed by atoms with Crippen molar-refractivity contribution in [1.82, 2.24) is 0 Å². The fourth-order valence-corrected chi connectivity index (χ4v) is 2.17. The summed E-state index contributed by atoms with van der Waals surface area (Å²) in [4.78, 5) is 25.2. The van der Waals surface area contributed by atoms with Crippen molar-refractivity contribution in [3.05, 3.63) is 59.9 Å². The second kappa shape index (κ2) is 7.88. The number of anilines is 2. The minimum atomic E-state index is -0.513. The van der Waals surface area contributed by atoms with Crippen LogP contribution in [0, 0.1) is 17.1 Å². The number of para-hydroxylation sites is 1. The summed E-state index contributed by atoms with van der Waals surface area (Å²) >= 11 is 0. The molecule has 0 aliphatic carbocycles. The minimum absolute atomic E-state index is 0.0217. The maximum atomic E-state index is 13.5. The van der Waals surface area contributed by atoms with Crippen molar-refractivity contribution >= 4 is 23.2 Å². The van der Waals surface area contributed by atoms with Crippen molar-refractivity contribution < 1.29 is 14.0 Å². The number of halogens is 1. The molecule has 0 saturated carbocycles. The Balaban J connectivity index is 2.01. The zero-order valence-electron chi connectivity index (χ0n) is 13.1. The lowest BCUT2D eigenvalue weighted by Gasteiger charge is -2.21. The van der Waals surface area contributed by atoms with E-state index in [1.54, 1.807) is 30.3 Å². The van der Waals surface area contributed by atoms with Crippen LogP contribution in [0.2, 0.25) is 0 Å². The first kappa shape index (κ1) is 17.2. The zero-order chi connectivity index (χ0) is 17.5. The number of nitrogens with zero attached hydrogens (tertiary/aromatic N) is 2. The van der Waals surface area contributed by atoms with E-state index in [0.717, 1.165) is 0 Å². The highest BCUT2D eigenvalue weighted by Gasteiger charge is 2.14. The van der Waals surface area contributed by atoms with E-state index in [9.17, 15) is 14.0 Å². The lowest BCUT2D eigenvalue weighted by molar-refractivity contribution is -0.117. The van der Waals surface area contributed by atoms with E-state index < -0.39 is 5.82 Å². The van der Waals surface area contributed by atoms with Crippen LogP contribution in [0.4, 0.5) is 15.8 Å². The maximum Gasteiger partial charge on any atom is 0.226 e. The molecule has 0 atom stereocenters. The molecule has 24 heavy (non-hydrogen) atoms. The molecule has 6 heteroatoms. The van der Waals surface area contributed by atoms with Gasteiger partial charge in [0.2, 0.25) is 11.8 Å². The van der Waals surface area contributed by atoms with E-state index in [0.29, 0.717) is 11.3 Å². The Labute approximate surface area is 139 Å². The molecule has 0 saturated heterocycles. The smallest absolute Gasteiger partial charge is 0.226 e. The summed E-state index contributed by atoms with van der Waals surface area (Å²) in [7, 11) is 0. The third-order valence-corrected chi connectivity index (χ3v) is 3.40. The quantitative estimate of drug-likeness (QED) is 0.918. The lowest BCUT2D eigenvalue weighted by Crippen LogP contribution is -2.32. The summed E-state index contributed by atoms with van der Waals surface area (Å²) in [6.45, 7) is 1.55. The molecule has 0 aromatic heterocycles. The summed E-state index contributed by atoms with van der Waals surface area (Å²) in [5.41, 5.74) is 1.19. The number of benzene rings is 2. The van der Waals surface area contributed by atoms with Crippen molar-refractivity contribution in [2.75, 3.05) is 16.8 Å². The van der Waals surface area contributed by atoms with Crippen LogP contribution in [0.5, 0.6) is 0 Å². The molecule has 0 unspecified atom stereocenters. The molecule has 0 fully saturated rings. The number of nitrogens with one attached hydrogen (secondary N) is 1. The first-order chi connectivity index (χ1) is 11.5. The number of hydrogen-bond acceptors (Lipinski definition) is 3. The second-order valence-electron chi connectivity index (χ2n) is 5.11. The van der Waals surface area contributed by atoms with Crippen molar-refractivity contribution in [3.63, 3.8) is 0 Å². The van der Waals surface area contributed by atoms with Crippen molar-refractivity contribution in [1.29, 1.82) is 5.26 Å². The minimum Gasteiger partial charge on any atom is -0.324 e. The van der Waals surface area contributed by atoms with Gasteiger partial charge in [-0.05, 0) is 36.4 Å². The average molecular weight is 325 g/mol. The number of rotatable bonds is 5. The summed E-state index contributed by atoms with van der Waals surface area (Å²) in [6.07, 6.45) is 0.0217. The van der Waals surface area contributed by atoms with Crippen LogP contribution >= 0.6 is 0 Å². The van der Waals surface area contributed by atoms with Gasteiger partial charge in [0, 0.05) is 25.6 Å². The molecule has 0 aliphatic rings. The molecular formula is C18H16FN3O2. The first-order valence-electron chi connectivity index (χ1n) is 7.34. The number of carbonyl (C=O) groups excluding carboxylic acids is 2. The predicted molar refractivity (Wildman–Crippen MR) is 88.8 cm³/mol. The van der Waals surface area contributed by atoms with E-state index in [-0.39, 0.29) is 30.5 Å². The number of hydrogen-bond donors (Lipinski definition) is 1. The van der Waals surface area contributed by atoms with E-state index in [4.69, 9.17) is 5.26 Å². The Morgan fingerprint density at radius 2 is 1.83 bits per heavy atom. The molecule has 2 aromatic rings. The van der Waals surface area contributed by atoms with Crippen LogP contribution in [-0.4, -0.2) is 18.4 Å². The third kappa shape index (κ3) is 4.40. The summed E-state index contributed by atoms with van der Waals surface area (Å²) in [6, 6.07) is 14.4. The molecule has 2 amide bonds. The van der Waals surface area contributed by atoms with Gasteiger partial charge >= 0.3 is 0 Å². The van der Waals surface area contributed by atoms with E-state index in [1.807, 2.05) is 6.07 Å². The normalized spacial score (nSPS) is 9.88. The van der Waals surface area contributed by atoms with Gasteiger partial charge in [0.1, 0.15) is 5.82 Å². The van der Waals surface area contributed by atoms with Crippen LogP contribution in [0.15, 0.2) is 48.5 Å². The van der Waals surface area contributed by atoms with Gasteiger partial charge in [-0.15, -0.1) is 0 Å². The highest BCUT2D eigenvalue weighted by atomic mass is 19.1. The Morgan fingerprint density at radius 3 is 2.42 bits per heavy atom. The highest BCUT2D eigenvalue weighted by Crippen LogP contribution is 2.17. The van der Waals surface area contributed by atoms with Crippen molar-refractivity contribution in [2.45, 2.75) is 13.3 Å². The van der Waals surface area contributed by atoms with E-state index in [2.05, 4.69) is 5.32 Å². The van der Waals surface area contributed by atoms with E-state index >= 15 is 0 Å². The molecule has 0 radical (unpaired) electrons. The Kier molecular flexibility index (Phi) is 5.63. The SMILES string of the molecule is CC(=O)N(CCC(=O)Nc1ccccc1F)c1ccc(C#N)cc1. The van der Waals surface area contributed by atoms with Crippen molar-refractivity contribution in [3.8, 4) is 6.07 Å². The fraction of sp³-hybridized carbons (Fsp3) is 0.167. The molecule has 0 heterocycles. The summed E-state index contributed by atoms with van der Waals surface area (Å²) < 4.78 is 13.5. The van der Waals surface area contributed by atoms with Crippen LogP contribution in [0.25, 0.3) is 0 Å². The number of amides is 2. The van der Waals surface area contributed by atoms with E-state index in [1.165, 1.54) is 30.0 Å². The Hall–Kier alpha value is -3.20. The van der Waals surface area contributed by atoms with Gasteiger partial charge in [0.15, 0.2) is 0 Å². The fourth-order valence-electron chi connectivity index (χ4n) is 2.17. The van der Waals surface area contributed by atoms with Gasteiger partial charge in [0.25, 0.3) is 0 Å². The monoisotopic (exact) mass is 325 g/mol. The van der Waals surface area contributed by atoms with Crippen LogP contribution < -0.4 is 10.2 Å². The Bertz CT molecular complexity index is 782. The standard InChI is InChI=1S/C18H16FN3O2/c1-13(23)22(15-8-6-14(12-20)7-9-15)11-10-18(24)21-17-5-3-2-4-16(17)19/h2-9H,10-11H2,1H3,(H,21,24). The molecule has 0 bridgehead atoms. The highest BCUT2D eigenvalue weighted by molar-refractivity contribution is 5.94. The van der Waals surface area contributed by atoms with Gasteiger partial charge in [0.05, 0.1) is 17.3 Å². The van der Waals surface area contributed by atoms with Gasteiger partial charge in [-0.25, -0.2) is 4.39 Å². The van der Waals surface area contributed by atoms with Crippen LogP contribution in [0.1, 0.15) is 18.9 Å². The molecule has 122 valence electrons. The maximum absolute atomic E-state index is 13.5. The molecule has 5 nitrogen and oxygen atoms in total. The molecule has 2 rings (SSSR count). The molecule has 2 aromatic carbocycles. The largest absolute Gasteiger partial charge is 0.324 e. The first-order valence-corrected chi connectivity index (χ1v) is 7.34. The van der Waals surface area contributed by atoms with Gasteiger partial charge in [-0.3, -0.25) is 9.59 Å². The molecule has 0 aliphatic heterocycles. The summed E-state index contributed by atoms with van der Waals surface area (Å²) in [5, 5.41) is 11.3. The van der Waals surface area contributed by atoms with Gasteiger partial charge in [-0.1, -0.05) is 12.1 Å². The third-order valence-electron chi connectivity index (χ3n) is 3.40. The molecular weight excluding hydrogens is 309 g/mol. The van der Waals surface area contributed by atoms with Crippen LogP contribution in [0.3, 0.4) is 0 Å². The number of nitriles is 1. The van der Waals surface area contributed by atoms with Crippen LogP contribution in [-0.2, 0) is 9.59 Å². The second-order valence-corrected chi connectivity index (χ2v) is 5.11. The van der Waals surface area contributed by atoms with Crippen molar-refractivity contribution in [2.24, 2.45) is 0 Å². The lowest BCUT2D eigenvalue weighted by atomic mass is 10.2. The zero-order valence-corrected chi connectivity index (χ0v) is 13.1. The predicted octanol–water partition coefficient (Wildman–Crippen LogP) is 3.08. The Morgan fingerprint density at radius 1 is 1.17 bits per heavy atom. The van der Waals surface area contributed by atoms with Gasteiger partial charge in [-0.2, -0.15) is 5.26 Å². The topological polar surface area (TPSA) is 73.2 Å². The molecule has 1 N–H and O–H groups in total. The summed E-state index contributed by atoms with van der Waals surface area (Å²) in [5.74, 6) is -1.13.